The fourth-order valence-electron chi connectivity index (χ4n) is 4.93. The van der Waals surface area contributed by atoms with E-state index in [1.54, 1.807) is 14.0 Å². The first-order valence-electron chi connectivity index (χ1n) is 11.3. The van der Waals surface area contributed by atoms with E-state index in [0.29, 0.717) is 12.6 Å². The molecule has 1 amide bonds. The van der Waals surface area contributed by atoms with E-state index in [9.17, 15) is 4.79 Å². The Bertz CT molecular complexity index is 1160. The third kappa shape index (κ3) is 3.60. The minimum Gasteiger partial charge on any atom is -0.496 e. The van der Waals surface area contributed by atoms with Crippen LogP contribution in [0.15, 0.2) is 29.5 Å². The molecule has 0 bridgehead atoms. The second-order valence-corrected chi connectivity index (χ2v) is 8.70. The van der Waals surface area contributed by atoms with Crippen LogP contribution < -0.4 is 4.74 Å². The van der Waals surface area contributed by atoms with Crippen molar-refractivity contribution in [2.75, 3.05) is 26.9 Å². The Morgan fingerprint density at radius 3 is 2.78 bits per heavy atom. The first kappa shape index (κ1) is 20.8. The Kier molecular flexibility index (Phi) is 5.50. The number of nitrogens with zero attached hydrogens (tertiary/aromatic N) is 3. The molecule has 32 heavy (non-hydrogen) atoms. The Morgan fingerprint density at radius 2 is 2.03 bits per heavy atom. The van der Waals surface area contributed by atoms with Crippen LogP contribution in [0.5, 0.6) is 5.75 Å². The van der Waals surface area contributed by atoms with Gasteiger partial charge in [0.25, 0.3) is 0 Å². The SMILES string of the molecule is COc1ccc(-c2nn(C3CCOCC3)c3c2CN(C(C)=O)CC3)c2c1C=CC(C)=C=C2. The molecule has 1 fully saturated rings. The standard InChI is InChI=1S/C26H29N3O3/c1-17-4-6-20-21(7-5-17)25(31-3)9-8-22(20)26-23-16-28(18(2)30)13-10-24(23)29(27-26)19-11-14-32-15-12-19/h5-9,19H,10-16H2,1-3H3. The average molecular weight is 432 g/mol. The molecule has 0 saturated carbocycles. The van der Waals surface area contributed by atoms with Crippen LogP contribution in [0.2, 0.25) is 0 Å². The monoisotopic (exact) mass is 431 g/mol. The van der Waals surface area contributed by atoms with Crippen molar-refractivity contribution in [2.45, 2.75) is 45.7 Å². The number of rotatable bonds is 3. The number of hydrogen-bond acceptors (Lipinski definition) is 4. The van der Waals surface area contributed by atoms with E-state index in [2.05, 4.69) is 28.6 Å². The lowest BCUT2D eigenvalue weighted by Crippen LogP contribution is -2.35. The highest BCUT2D eigenvalue weighted by molar-refractivity contribution is 5.85. The van der Waals surface area contributed by atoms with Crippen LogP contribution in [-0.4, -0.2) is 47.5 Å². The minimum atomic E-state index is 0.107. The lowest BCUT2D eigenvalue weighted by molar-refractivity contribution is -0.129. The Morgan fingerprint density at radius 1 is 1.22 bits per heavy atom. The summed E-state index contributed by atoms with van der Waals surface area (Å²) in [5.74, 6) is 0.936. The molecule has 1 aromatic carbocycles. The Balaban J connectivity index is 1.71. The summed E-state index contributed by atoms with van der Waals surface area (Å²) in [4.78, 5) is 14.1. The summed E-state index contributed by atoms with van der Waals surface area (Å²) < 4.78 is 13.5. The van der Waals surface area contributed by atoms with Gasteiger partial charge in [0.15, 0.2) is 0 Å². The highest BCUT2D eigenvalue weighted by atomic mass is 16.5. The lowest BCUT2D eigenvalue weighted by atomic mass is 9.93. The molecular formula is C26H29N3O3. The van der Waals surface area contributed by atoms with Crippen molar-refractivity contribution in [3.63, 3.8) is 0 Å². The molecule has 2 aromatic rings. The number of aromatic nitrogens is 2. The molecular weight excluding hydrogens is 402 g/mol. The van der Waals surface area contributed by atoms with Crippen LogP contribution >= 0.6 is 0 Å². The highest BCUT2D eigenvalue weighted by Crippen LogP contribution is 2.39. The molecule has 1 aliphatic carbocycles. The van der Waals surface area contributed by atoms with Gasteiger partial charge in [-0.15, -0.1) is 5.73 Å². The van der Waals surface area contributed by atoms with Gasteiger partial charge >= 0.3 is 0 Å². The van der Waals surface area contributed by atoms with Crippen molar-refractivity contribution in [3.8, 4) is 17.0 Å². The van der Waals surface area contributed by atoms with Gasteiger partial charge in [-0.05, 0) is 49.6 Å². The van der Waals surface area contributed by atoms with E-state index < -0.39 is 0 Å². The van der Waals surface area contributed by atoms with E-state index in [1.165, 1.54) is 5.69 Å². The van der Waals surface area contributed by atoms with Gasteiger partial charge in [-0.25, -0.2) is 0 Å². The van der Waals surface area contributed by atoms with Crippen LogP contribution in [-0.2, 0) is 22.5 Å². The van der Waals surface area contributed by atoms with E-state index >= 15 is 0 Å². The van der Waals surface area contributed by atoms with E-state index in [4.69, 9.17) is 14.6 Å². The molecule has 0 spiro atoms. The van der Waals surface area contributed by atoms with Crippen LogP contribution in [0.4, 0.5) is 0 Å². The van der Waals surface area contributed by atoms with Crippen molar-refractivity contribution in [1.82, 2.24) is 14.7 Å². The van der Waals surface area contributed by atoms with Crippen molar-refractivity contribution >= 4 is 18.1 Å². The highest BCUT2D eigenvalue weighted by Gasteiger charge is 2.31. The topological polar surface area (TPSA) is 56.6 Å². The Labute approximate surface area is 188 Å². The molecule has 0 unspecified atom stereocenters. The zero-order chi connectivity index (χ0) is 22.2. The predicted octanol–water partition coefficient (Wildman–Crippen LogP) is 4.40. The van der Waals surface area contributed by atoms with Crippen LogP contribution in [0.25, 0.3) is 23.4 Å². The molecule has 1 saturated heterocycles. The van der Waals surface area contributed by atoms with E-state index in [-0.39, 0.29) is 5.91 Å². The fourth-order valence-corrected chi connectivity index (χ4v) is 4.93. The van der Waals surface area contributed by atoms with E-state index in [0.717, 1.165) is 78.3 Å². The van der Waals surface area contributed by atoms with Crippen LogP contribution in [0.3, 0.4) is 0 Å². The summed E-state index contributed by atoms with van der Waals surface area (Å²) in [6.45, 7) is 6.56. The van der Waals surface area contributed by atoms with Crippen molar-refractivity contribution in [3.05, 3.63) is 51.9 Å². The number of methoxy groups -OCH3 is 1. The Hall–Kier alpha value is -3.08. The molecule has 3 aliphatic rings. The minimum absolute atomic E-state index is 0.107. The van der Waals surface area contributed by atoms with Gasteiger partial charge in [0, 0.05) is 67.6 Å². The normalized spacial score (nSPS) is 18.1. The van der Waals surface area contributed by atoms with Gasteiger partial charge in [0.2, 0.25) is 5.91 Å². The number of allylic oxidation sites excluding steroid dienone is 2. The molecule has 6 nitrogen and oxygen atoms in total. The largest absolute Gasteiger partial charge is 0.496 e. The predicted molar refractivity (Wildman–Crippen MR) is 124 cm³/mol. The van der Waals surface area contributed by atoms with Gasteiger partial charge < -0.3 is 14.4 Å². The third-order valence-electron chi connectivity index (χ3n) is 6.73. The molecule has 0 atom stereocenters. The van der Waals surface area contributed by atoms with Gasteiger partial charge in [0.1, 0.15) is 5.75 Å². The number of fused-ring (bicyclic) bond motifs is 2. The number of carbonyl (C=O) groups excluding carboxylic acids is 1. The zero-order valence-corrected chi connectivity index (χ0v) is 19.0. The lowest BCUT2D eigenvalue weighted by Gasteiger charge is -2.29. The van der Waals surface area contributed by atoms with Crippen LogP contribution in [0.1, 0.15) is 55.1 Å². The maximum Gasteiger partial charge on any atom is 0.219 e. The molecule has 5 rings (SSSR count). The summed E-state index contributed by atoms with van der Waals surface area (Å²) in [5.41, 5.74) is 11.0. The molecule has 0 radical (unpaired) electrons. The first-order chi connectivity index (χ1) is 15.6. The summed E-state index contributed by atoms with van der Waals surface area (Å²) in [6, 6.07) is 4.44. The fraction of sp³-hybridized carbons (Fsp3) is 0.423. The number of carbonyl (C=O) groups is 1. The maximum atomic E-state index is 12.2. The average Bonchev–Trinajstić information content (AvgIpc) is 3.08. The quantitative estimate of drug-likeness (QED) is 0.676. The summed E-state index contributed by atoms with van der Waals surface area (Å²) in [6.07, 6.45) is 8.94. The van der Waals surface area contributed by atoms with Gasteiger partial charge in [0.05, 0.1) is 18.8 Å². The van der Waals surface area contributed by atoms with Crippen molar-refractivity contribution < 1.29 is 14.3 Å². The summed E-state index contributed by atoms with van der Waals surface area (Å²) in [5, 5.41) is 5.20. The van der Waals surface area contributed by atoms with Crippen molar-refractivity contribution in [2.24, 2.45) is 0 Å². The maximum absolute atomic E-state index is 12.2. The zero-order valence-electron chi connectivity index (χ0n) is 19.0. The molecule has 1 aromatic heterocycles. The molecule has 166 valence electrons. The number of amides is 1. The third-order valence-corrected chi connectivity index (χ3v) is 6.73. The number of ether oxygens (including phenoxy) is 2. The molecule has 3 heterocycles. The number of hydrogen-bond donors (Lipinski definition) is 0. The first-order valence-corrected chi connectivity index (χ1v) is 11.3. The molecule has 2 aliphatic heterocycles. The second-order valence-electron chi connectivity index (χ2n) is 8.70. The smallest absolute Gasteiger partial charge is 0.219 e. The summed E-state index contributed by atoms with van der Waals surface area (Å²) in [7, 11) is 1.70. The van der Waals surface area contributed by atoms with Gasteiger partial charge in [-0.1, -0.05) is 6.08 Å². The van der Waals surface area contributed by atoms with Gasteiger partial charge in [-0.3, -0.25) is 9.48 Å². The number of benzene rings is 1. The molecule has 6 heteroatoms. The van der Waals surface area contributed by atoms with Crippen LogP contribution in [0, 0.1) is 0 Å². The van der Waals surface area contributed by atoms with E-state index in [1.807, 2.05) is 24.0 Å². The van der Waals surface area contributed by atoms with Crippen molar-refractivity contribution in [1.29, 1.82) is 0 Å². The second kappa shape index (κ2) is 8.45. The van der Waals surface area contributed by atoms with Gasteiger partial charge in [-0.2, -0.15) is 5.10 Å². The summed E-state index contributed by atoms with van der Waals surface area (Å²) >= 11 is 0. The molecule has 0 N–H and O–H groups in total.